The summed E-state index contributed by atoms with van der Waals surface area (Å²) in [7, 11) is 0. The molecule has 0 fully saturated rings. The number of carbonyl (C=O) groups is 3. The van der Waals surface area contributed by atoms with Crippen molar-refractivity contribution in [1.82, 2.24) is 4.90 Å². The van der Waals surface area contributed by atoms with Gasteiger partial charge < -0.3 is 10.5 Å². The van der Waals surface area contributed by atoms with Crippen LogP contribution in [0.15, 0.2) is 42.5 Å². The molecule has 0 bridgehead atoms. The lowest BCUT2D eigenvalue weighted by atomic mass is 10.0. The maximum Gasteiger partial charge on any atom is 0.406 e. The van der Waals surface area contributed by atoms with E-state index in [0.29, 0.717) is 5.56 Å². The minimum Gasteiger partial charge on any atom is -0.418 e. The number of primary amides is 1. The van der Waals surface area contributed by atoms with E-state index in [4.69, 9.17) is 10.5 Å². The van der Waals surface area contributed by atoms with E-state index in [1.165, 1.54) is 6.92 Å². The van der Waals surface area contributed by atoms with Crippen LogP contribution in [0.1, 0.15) is 12.5 Å². The molecule has 0 radical (unpaired) electrons. The van der Waals surface area contributed by atoms with Gasteiger partial charge in [-0.25, -0.2) is 9.69 Å². The Kier molecular flexibility index (Phi) is 3.08. The smallest absolute Gasteiger partial charge is 0.406 e. The third kappa shape index (κ3) is 2.20. The van der Waals surface area contributed by atoms with Crippen LogP contribution in [-0.2, 0) is 20.1 Å². The number of nitrogens with two attached hydrogens (primary N) is 1. The van der Waals surface area contributed by atoms with E-state index in [1.54, 1.807) is 30.3 Å². The Morgan fingerprint density at radius 3 is 2.16 bits per heavy atom. The fraction of sp³-hybridized carbons (Fsp3) is 0.154. The third-order valence-electron chi connectivity index (χ3n) is 2.84. The van der Waals surface area contributed by atoms with E-state index in [2.05, 4.69) is 0 Å². The largest absolute Gasteiger partial charge is 0.418 e. The van der Waals surface area contributed by atoms with Crippen molar-refractivity contribution in [3.8, 4) is 0 Å². The summed E-state index contributed by atoms with van der Waals surface area (Å²) in [6, 6.07) is 8.45. The molecule has 1 aliphatic rings. The normalized spacial score (nSPS) is 17.4. The summed E-state index contributed by atoms with van der Waals surface area (Å²) in [4.78, 5) is 35.5. The molecule has 2 rings (SSSR count). The summed E-state index contributed by atoms with van der Waals surface area (Å²) in [5, 5.41) is 0. The Bertz CT molecular complexity index is 549. The third-order valence-corrected chi connectivity index (χ3v) is 2.84. The van der Waals surface area contributed by atoms with Crippen LogP contribution in [0, 0.1) is 0 Å². The molecule has 0 aromatic heterocycles. The zero-order chi connectivity index (χ0) is 14.0. The van der Waals surface area contributed by atoms with Crippen LogP contribution in [0.25, 0.3) is 0 Å². The fourth-order valence-corrected chi connectivity index (χ4v) is 2.00. The lowest BCUT2D eigenvalue weighted by molar-refractivity contribution is -0.162. The molecule has 0 spiro atoms. The monoisotopic (exact) mass is 260 g/mol. The molecule has 0 saturated carbocycles. The van der Waals surface area contributed by atoms with Crippen molar-refractivity contribution in [2.24, 2.45) is 5.73 Å². The highest BCUT2D eigenvalue weighted by Crippen LogP contribution is 2.32. The van der Waals surface area contributed by atoms with E-state index >= 15 is 0 Å². The highest BCUT2D eigenvalue weighted by molar-refractivity contribution is 6.13. The molecule has 1 unspecified atom stereocenters. The summed E-state index contributed by atoms with van der Waals surface area (Å²) in [6.07, 6.45) is 1.17. The molecule has 6 nitrogen and oxygen atoms in total. The first kappa shape index (κ1) is 12.8. The van der Waals surface area contributed by atoms with Gasteiger partial charge in [-0.05, 0) is 0 Å². The number of carbonyl (C=O) groups excluding carboxylic acids is 3. The summed E-state index contributed by atoms with van der Waals surface area (Å²) in [5.74, 6) is -1.12. The van der Waals surface area contributed by atoms with Crippen LogP contribution in [0.4, 0.5) is 4.79 Å². The number of nitrogens with zero attached hydrogens (tertiary/aromatic N) is 1. The van der Waals surface area contributed by atoms with Crippen molar-refractivity contribution in [1.29, 1.82) is 0 Å². The van der Waals surface area contributed by atoms with Gasteiger partial charge in [0.15, 0.2) is 0 Å². The van der Waals surface area contributed by atoms with Crippen LogP contribution in [-0.4, -0.2) is 22.8 Å². The molecular formula is C13H12N2O4. The Balaban J connectivity index is 2.49. The van der Waals surface area contributed by atoms with Crippen molar-refractivity contribution < 1.29 is 19.1 Å². The van der Waals surface area contributed by atoms with Gasteiger partial charge in [-0.3, -0.25) is 9.59 Å². The molecule has 98 valence electrons. The minimum atomic E-state index is -1.56. The summed E-state index contributed by atoms with van der Waals surface area (Å²) < 4.78 is 5.03. The second-order valence-electron chi connectivity index (χ2n) is 4.12. The molecular weight excluding hydrogens is 248 g/mol. The molecule has 0 saturated heterocycles. The van der Waals surface area contributed by atoms with E-state index in [1.807, 2.05) is 0 Å². The average molecular weight is 260 g/mol. The Hall–Kier alpha value is -2.63. The molecule has 3 amide bonds. The number of amides is 3. The standard InChI is InChI=1S/C13H12N2O4/c1-13(19-12(14)18,9-5-3-2-4-6-9)15-10(16)7-8-11(15)17/h2-8H,1H3,(H2,14,18). The number of ether oxygens (including phenoxy) is 1. The van der Waals surface area contributed by atoms with Gasteiger partial charge >= 0.3 is 6.09 Å². The molecule has 19 heavy (non-hydrogen) atoms. The molecule has 1 aromatic carbocycles. The number of benzene rings is 1. The van der Waals surface area contributed by atoms with Gasteiger partial charge in [-0.2, -0.15) is 0 Å². The van der Waals surface area contributed by atoms with Gasteiger partial charge in [0, 0.05) is 24.6 Å². The second-order valence-corrected chi connectivity index (χ2v) is 4.12. The Morgan fingerprint density at radius 1 is 1.16 bits per heavy atom. The predicted octanol–water partition coefficient (Wildman–Crippen LogP) is 0.880. The van der Waals surface area contributed by atoms with Crippen LogP contribution in [0.2, 0.25) is 0 Å². The fourth-order valence-electron chi connectivity index (χ4n) is 2.00. The maximum atomic E-state index is 11.8. The van der Waals surface area contributed by atoms with Gasteiger partial charge in [-0.1, -0.05) is 30.3 Å². The quantitative estimate of drug-likeness (QED) is 0.817. The average Bonchev–Trinajstić information content (AvgIpc) is 2.69. The molecule has 1 heterocycles. The van der Waals surface area contributed by atoms with E-state index in [0.717, 1.165) is 17.1 Å². The number of hydrogen-bond donors (Lipinski definition) is 1. The lowest BCUT2D eigenvalue weighted by Gasteiger charge is -2.36. The van der Waals surface area contributed by atoms with Crippen LogP contribution in [0.5, 0.6) is 0 Å². The van der Waals surface area contributed by atoms with Gasteiger partial charge in [-0.15, -0.1) is 0 Å². The van der Waals surface area contributed by atoms with Crippen LogP contribution in [0.3, 0.4) is 0 Å². The number of hydrogen-bond acceptors (Lipinski definition) is 4. The van der Waals surface area contributed by atoms with Crippen molar-refractivity contribution in [3.05, 3.63) is 48.0 Å². The predicted molar refractivity (Wildman–Crippen MR) is 65.5 cm³/mol. The van der Waals surface area contributed by atoms with Gasteiger partial charge in [0.25, 0.3) is 11.8 Å². The molecule has 1 aliphatic heterocycles. The zero-order valence-corrected chi connectivity index (χ0v) is 10.2. The second kappa shape index (κ2) is 4.56. The van der Waals surface area contributed by atoms with Crippen molar-refractivity contribution in [3.63, 3.8) is 0 Å². The lowest BCUT2D eigenvalue weighted by Crippen LogP contribution is -2.51. The van der Waals surface area contributed by atoms with E-state index in [9.17, 15) is 14.4 Å². The molecule has 1 aromatic rings. The van der Waals surface area contributed by atoms with Crippen LogP contribution < -0.4 is 5.73 Å². The first-order valence-electron chi connectivity index (χ1n) is 5.55. The number of rotatable bonds is 3. The zero-order valence-electron chi connectivity index (χ0n) is 10.2. The maximum absolute atomic E-state index is 11.8. The van der Waals surface area contributed by atoms with Crippen molar-refractivity contribution in [2.45, 2.75) is 12.6 Å². The van der Waals surface area contributed by atoms with Gasteiger partial charge in [0.1, 0.15) is 0 Å². The van der Waals surface area contributed by atoms with E-state index in [-0.39, 0.29) is 0 Å². The molecule has 2 N–H and O–H groups in total. The SMILES string of the molecule is CC(OC(N)=O)(c1ccccc1)N1C(=O)C=CC1=O. The Labute approximate surface area is 109 Å². The highest BCUT2D eigenvalue weighted by Gasteiger charge is 2.45. The van der Waals surface area contributed by atoms with Crippen molar-refractivity contribution >= 4 is 17.9 Å². The molecule has 1 atom stereocenters. The first-order chi connectivity index (χ1) is 8.95. The Morgan fingerprint density at radius 2 is 1.68 bits per heavy atom. The molecule has 0 aliphatic carbocycles. The van der Waals surface area contributed by atoms with Crippen molar-refractivity contribution in [2.75, 3.05) is 0 Å². The molecule has 6 heteroatoms. The summed E-state index contributed by atoms with van der Waals surface area (Å²) in [5.41, 5.74) is 3.95. The minimum absolute atomic E-state index is 0.471. The van der Waals surface area contributed by atoms with Crippen LogP contribution >= 0.6 is 0 Å². The van der Waals surface area contributed by atoms with Gasteiger partial charge in [0.05, 0.1) is 0 Å². The topological polar surface area (TPSA) is 89.7 Å². The van der Waals surface area contributed by atoms with E-state index < -0.39 is 23.6 Å². The number of imide groups is 1. The van der Waals surface area contributed by atoms with Gasteiger partial charge in [0.2, 0.25) is 5.72 Å². The summed E-state index contributed by atoms with van der Waals surface area (Å²) >= 11 is 0. The highest BCUT2D eigenvalue weighted by atomic mass is 16.6. The summed E-state index contributed by atoms with van der Waals surface area (Å²) in [6.45, 7) is 1.44. The first-order valence-corrected chi connectivity index (χ1v) is 5.55.